The molecule has 0 atom stereocenters. The van der Waals surface area contributed by atoms with Crippen LogP contribution in [-0.4, -0.2) is 18.7 Å². The smallest absolute Gasteiger partial charge is 0.232 e. The Morgan fingerprint density at radius 2 is 1.79 bits per heavy atom. The van der Waals surface area contributed by atoms with Crippen LogP contribution in [0.2, 0.25) is 0 Å². The SMILES string of the molecule is CCOc1ccc(/C=C/c2nc(C#N)c(NCc3ccc(OC)cc3)o2)cc1. The Hall–Kier alpha value is -3.72. The fraction of sp³-hybridized carbons (Fsp3) is 0.182. The molecule has 3 aromatic rings. The molecule has 0 aliphatic rings. The number of hydrogen-bond donors (Lipinski definition) is 1. The topological polar surface area (TPSA) is 80.3 Å². The molecule has 0 fully saturated rings. The quantitative estimate of drug-likeness (QED) is 0.613. The van der Waals surface area contributed by atoms with Crippen LogP contribution in [0.3, 0.4) is 0 Å². The van der Waals surface area contributed by atoms with Crippen molar-refractivity contribution in [3.8, 4) is 17.6 Å². The Bertz CT molecular complexity index is 968. The van der Waals surface area contributed by atoms with Crippen LogP contribution in [-0.2, 0) is 6.54 Å². The van der Waals surface area contributed by atoms with Gasteiger partial charge in [-0.25, -0.2) is 0 Å². The van der Waals surface area contributed by atoms with E-state index in [9.17, 15) is 5.26 Å². The molecule has 28 heavy (non-hydrogen) atoms. The molecule has 0 amide bonds. The second-order valence-electron chi connectivity index (χ2n) is 5.88. The Kier molecular flexibility index (Phi) is 6.32. The number of aromatic nitrogens is 1. The van der Waals surface area contributed by atoms with E-state index in [-0.39, 0.29) is 5.69 Å². The maximum absolute atomic E-state index is 9.30. The van der Waals surface area contributed by atoms with Gasteiger partial charge in [-0.05, 0) is 48.4 Å². The zero-order valence-corrected chi connectivity index (χ0v) is 15.8. The maximum Gasteiger partial charge on any atom is 0.232 e. The zero-order valence-electron chi connectivity index (χ0n) is 15.8. The summed E-state index contributed by atoms with van der Waals surface area (Å²) in [6.07, 6.45) is 3.60. The summed E-state index contributed by atoms with van der Waals surface area (Å²) in [6, 6.07) is 17.4. The largest absolute Gasteiger partial charge is 0.497 e. The number of nitriles is 1. The lowest BCUT2D eigenvalue weighted by atomic mass is 10.2. The van der Waals surface area contributed by atoms with E-state index in [4.69, 9.17) is 13.9 Å². The highest BCUT2D eigenvalue weighted by molar-refractivity contribution is 5.67. The number of hydrogen-bond acceptors (Lipinski definition) is 6. The van der Waals surface area contributed by atoms with Crippen LogP contribution < -0.4 is 14.8 Å². The molecule has 0 spiro atoms. The Labute approximate surface area is 164 Å². The van der Waals surface area contributed by atoms with Gasteiger partial charge in [0.05, 0.1) is 13.7 Å². The van der Waals surface area contributed by atoms with Gasteiger partial charge in [-0.1, -0.05) is 24.3 Å². The number of anilines is 1. The second-order valence-corrected chi connectivity index (χ2v) is 5.88. The lowest BCUT2D eigenvalue weighted by molar-refractivity contribution is 0.340. The van der Waals surface area contributed by atoms with E-state index < -0.39 is 0 Å². The predicted octanol–water partition coefficient (Wildman–Crippen LogP) is 4.74. The minimum Gasteiger partial charge on any atom is -0.497 e. The summed E-state index contributed by atoms with van der Waals surface area (Å²) in [6.45, 7) is 3.09. The first-order chi connectivity index (χ1) is 13.7. The molecule has 1 aromatic heterocycles. The van der Waals surface area contributed by atoms with Crippen LogP contribution in [0.15, 0.2) is 52.9 Å². The third-order valence-electron chi connectivity index (χ3n) is 3.97. The fourth-order valence-corrected chi connectivity index (χ4v) is 2.54. The molecule has 0 aliphatic heterocycles. The molecule has 6 nitrogen and oxygen atoms in total. The van der Waals surface area contributed by atoms with E-state index in [0.717, 1.165) is 22.6 Å². The molecule has 3 rings (SSSR count). The highest BCUT2D eigenvalue weighted by Gasteiger charge is 2.11. The van der Waals surface area contributed by atoms with E-state index in [1.54, 1.807) is 13.2 Å². The molecule has 0 unspecified atom stereocenters. The molecule has 0 bridgehead atoms. The molecule has 0 saturated heterocycles. The number of rotatable bonds is 8. The molecule has 1 heterocycles. The van der Waals surface area contributed by atoms with Crippen molar-refractivity contribution in [1.29, 1.82) is 5.26 Å². The Balaban J connectivity index is 1.66. The molecular weight excluding hydrogens is 354 g/mol. The van der Waals surface area contributed by atoms with E-state index in [2.05, 4.69) is 16.4 Å². The third kappa shape index (κ3) is 4.92. The van der Waals surface area contributed by atoms with E-state index in [1.807, 2.05) is 61.5 Å². The van der Waals surface area contributed by atoms with Gasteiger partial charge in [0.1, 0.15) is 17.6 Å². The van der Waals surface area contributed by atoms with Crippen molar-refractivity contribution >= 4 is 18.0 Å². The van der Waals surface area contributed by atoms with Crippen molar-refractivity contribution in [2.45, 2.75) is 13.5 Å². The first-order valence-corrected chi connectivity index (χ1v) is 8.90. The number of nitrogens with one attached hydrogen (secondary N) is 1. The van der Waals surface area contributed by atoms with E-state index in [0.29, 0.717) is 24.9 Å². The van der Waals surface area contributed by atoms with Crippen molar-refractivity contribution in [2.75, 3.05) is 19.0 Å². The summed E-state index contributed by atoms with van der Waals surface area (Å²) in [7, 11) is 1.63. The molecule has 2 aromatic carbocycles. The van der Waals surface area contributed by atoms with Gasteiger partial charge >= 0.3 is 0 Å². The van der Waals surface area contributed by atoms with Crippen molar-refractivity contribution in [3.05, 3.63) is 71.2 Å². The van der Waals surface area contributed by atoms with Crippen LogP contribution in [0, 0.1) is 11.3 Å². The highest BCUT2D eigenvalue weighted by atomic mass is 16.5. The maximum atomic E-state index is 9.30. The van der Waals surface area contributed by atoms with Gasteiger partial charge in [-0.2, -0.15) is 10.2 Å². The molecule has 1 N–H and O–H groups in total. The van der Waals surface area contributed by atoms with Crippen molar-refractivity contribution in [2.24, 2.45) is 0 Å². The van der Waals surface area contributed by atoms with Gasteiger partial charge in [0, 0.05) is 12.6 Å². The van der Waals surface area contributed by atoms with E-state index in [1.165, 1.54) is 0 Å². The molecular formula is C22H21N3O3. The van der Waals surface area contributed by atoms with Gasteiger partial charge in [-0.3, -0.25) is 0 Å². The monoisotopic (exact) mass is 375 g/mol. The van der Waals surface area contributed by atoms with Crippen LogP contribution in [0.4, 0.5) is 5.88 Å². The minimum atomic E-state index is 0.222. The van der Waals surface area contributed by atoms with Gasteiger partial charge in [-0.15, -0.1) is 0 Å². The van der Waals surface area contributed by atoms with Crippen molar-refractivity contribution < 1.29 is 13.9 Å². The molecule has 0 aliphatic carbocycles. The zero-order chi connectivity index (χ0) is 19.8. The summed E-state index contributed by atoms with van der Waals surface area (Å²) in [5.41, 5.74) is 2.24. The second kappa shape index (κ2) is 9.28. The van der Waals surface area contributed by atoms with Crippen LogP contribution >= 0.6 is 0 Å². The Morgan fingerprint density at radius 3 is 2.43 bits per heavy atom. The molecule has 0 radical (unpaired) electrons. The summed E-state index contributed by atoms with van der Waals surface area (Å²) in [5, 5.41) is 12.4. The van der Waals surface area contributed by atoms with Crippen LogP contribution in [0.25, 0.3) is 12.2 Å². The lowest BCUT2D eigenvalue weighted by Gasteiger charge is -2.04. The standard InChI is InChI=1S/C22H21N3O3/c1-3-27-19-11-4-16(5-12-19)8-13-21-25-20(14-23)22(28-21)24-15-17-6-9-18(26-2)10-7-17/h4-13,24H,3,15H2,1-2H3/b13-8+. The number of benzene rings is 2. The third-order valence-corrected chi connectivity index (χ3v) is 3.97. The number of oxazole rings is 1. The predicted molar refractivity (Wildman–Crippen MR) is 108 cm³/mol. The van der Waals surface area contributed by atoms with E-state index >= 15 is 0 Å². The number of ether oxygens (including phenoxy) is 2. The first kappa shape index (κ1) is 19.1. The van der Waals surface area contributed by atoms with Crippen LogP contribution in [0.5, 0.6) is 11.5 Å². The average Bonchev–Trinajstić information content (AvgIpc) is 3.14. The minimum absolute atomic E-state index is 0.222. The molecule has 142 valence electrons. The summed E-state index contributed by atoms with van der Waals surface area (Å²) >= 11 is 0. The summed E-state index contributed by atoms with van der Waals surface area (Å²) < 4.78 is 16.2. The highest BCUT2D eigenvalue weighted by Crippen LogP contribution is 2.20. The fourth-order valence-electron chi connectivity index (χ4n) is 2.54. The van der Waals surface area contributed by atoms with Gasteiger partial charge in [0.25, 0.3) is 0 Å². The van der Waals surface area contributed by atoms with Crippen molar-refractivity contribution in [1.82, 2.24) is 4.98 Å². The van der Waals surface area contributed by atoms with Gasteiger partial charge in [0.2, 0.25) is 17.5 Å². The van der Waals surface area contributed by atoms with Crippen LogP contribution in [0.1, 0.15) is 29.6 Å². The number of methoxy groups -OCH3 is 1. The average molecular weight is 375 g/mol. The molecule has 0 saturated carbocycles. The van der Waals surface area contributed by atoms with Crippen molar-refractivity contribution in [3.63, 3.8) is 0 Å². The Morgan fingerprint density at radius 1 is 1.07 bits per heavy atom. The molecule has 6 heteroatoms. The first-order valence-electron chi connectivity index (χ1n) is 8.90. The summed E-state index contributed by atoms with van der Waals surface area (Å²) in [5.74, 6) is 2.34. The number of nitrogens with zero attached hydrogens (tertiary/aromatic N) is 2. The normalized spacial score (nSPS) is 10.6. The summed E-state index contributed by atoms with van der Waals surface area (Å²) in [4.78, 5) is 4.21. The lowest BCUT2D eigenvalue weighted by Crippen LogP contribution is -1.99. The van der Waals surface area contributed by atoms with Gasteiger partial charge < -0.3 is 19.2 Å². The van der Waals surface area contributed by atoms with Gasteiger partial charge in [0.15, 0.2) is 0 Å².